The number of rotatable bonds is 1. The number of hydrogen-bond donors (Lipinski definition) is 0. The number of allylic oxidation sites excluding steroid dienone is 4. The monoisotopic (exact) mass is 408 g/mol. The first-order valence-electron chi connectivity index (χ1n) is 13.3. The molecule has 5 rings (SSSR count). The standard InChI is InChI=1S/C30H48/c1-20(2)21-10-11-22-23-12-13-25-28(6)16-9-15-26(3,4)24(28)14-17-30(25,8)29(23,7)19-18-27(21,22)5/h12-13,20-21,24-25H,9-11,14-19H2,1-8H3/t21?,24?,25?,27?,28-,29?,30+/m0/s1. The lowest BCUT2D eigenvalue weighted by Crippen LogP contribution is -2.60. The van der Waals surface area contributed by atoms with Crippen LogP contribution in [0.5, 0.6) is 0 Å². The maximum Gasteiger partial charge on any atom is -0.00157 e. The minimum atomic E-state index is 0.378. The van der Waals surface area contributed by atoms with E-state index in [1.165, 1.54) is 57.8 Å². The fourth-order valence-electron chi connectivity index (χ4n) is 10.7. The van der Waals surface area contributed by atoms with E-state index >= 15 is 0 Å². The first-order chi connectivity index (χ1) is 13.9. The van der Waals surface area contributed by atoms with E-state index in [1.807, 2.05) is 5.57 Å². The van der Waals surface area contributed by atoms with Crippen molar-refractivity contribution in [1.29, 1.82) is 0 Å². The van der Waals surface area contributed by atoms with Gasteiger partial charge in [0.1, 0.15) is 0 Å². The van der Waals surface area contributed by atoms with E-state index in [4.69, 9.17) is 0 Å². The Morgan fingerprint density at radius 1 is 0.867 bits per heavy atom. The molecule has 0 aromatic carbocycles. The molecule has 0 nitrogen and oxygen atoms in total. The molecule has 3 saturated carbocycles. The summed E-state index contributed by atoms with van der Waals surface area (Å²) in [7, 11) is 0. The van der Waals surface area contributed by atoms with Crippen LogP contribution in [0.1, 0.15) is 113 Å². The van der Waals surface area contributed by atoms with Crippen LogP contribution in [0.25, 0.3) is 0 Å². The van der Waals surface area contributed by atoms with Crippen molar-refractivity contribution in [2.75, 3.05) is 0 Å². The third-order valence-corrected chi connectivity index (χ3v) is 12.4. The Morgan fingerprint density at radius 2 is 1.60 bits per heavy atom. The molecule has 7 atom stereocenters. The molecule has 5 aliphatic carbocycles. The second-order valence-electron chi connectivity index (χ2n) is 14.2. The first-order valence-corrected chi connectivity index (χ1v) is 13.3. The molecule has 0 aliphatic heterocycles. The zero-order valence-corrected chi connectivity index (χ0v) is 21.3. The van der Waals surface area contributed by atoms with E-state index < -0.39 is 0 Å². The van der Waals surface area contributed by atoms with Crippen molar-refractivity contribution >= 4 is 0 Å². The second kappa shape index (κ2) is 6.29. The molecule has 3 fully saturated rings. The Kier molecular flexibility index (Phi) is 4.47. The molecule has 0 bridgehead atoms. The number of fused-ring (bicyclic) bond motifs is 6. The van der Waals surface area contributed by atoms with E-state index in [-0.39, 0.29) is 0 Å². The maximum absolute atomic E-state index is 2.76. The van der Waals surface area contributed by atoms with Crippen LogP contribution in [0.2, 0.25) is 0 Å². The summed E-state index contributed by atoms with van der Waals surface area (Å²) in [5.41, 5.74) is 5.95. The summed E-state index contributed by atoms with van der Waals surface area (Å²) in [6.07, 6.45) is 18.3. The Balaban J connectivity index is 1.63. The van der Waals surface area contributed by atoms with Crippen LogP contribution < -0.4 is 0 Å². The van der Waals surface area contributed by atoms with E-state index in [2.05, 4.69) is 67.5 Å². The third-order valence-electron chi connectivity index (χ3n) is 12.4. The van der Waals surface area contributed by atoms with Crippen LogP contribution in [-0.4, -0.2) is 0 Å². The summed E-state index contributed by atoms with van der Waals surface area (Å²) in [5, 5.41) is 0. The molecule has 0 N–H and O–H groups in total. The van der Waals surface area contributed by atoms with Crippen molar-refractivity contribution < 1.29 is 0 Å². The van der Waals surface area contributed by atoms with Gasteiger partial charge in [0.25, 0.3) is 0 Å². The fourth-order valence-corrected chi connectivity index (χ4v) is 10.7. The van der Waals surface area contributed by atoms with Crippen LogP contribution in [0.3, 0.4) is 0 Å². The fraction of sp³-hybridized carbons (Fsp3) is 0.867. The summed E-state index contributed by atoms with van der Waals surface area (Å²) in [4.78, 5) is 0. The molecule has 0 heteroatoms. The van der Waals surface area contributed by atoms with E-state index in [0.29, 0.717) is 27.1 Å². The molecule has 0 heterocycles. The smallest absolute Gasteiger partial charge is 0.00157 e. The minimum Gasteiger partial charge on any atom is -0.0800 e. The summed E-state index contributed by atoms with van der Waals surface area (Å²) in [6, 6.07) is 0. The zero-order valence-electron chi connectivity index (χ0n) is 21.3. The molecular weight excluding hydrogens is 360 g/mol. The van der Waals surface area contributed by atoms with Gasteiger partial charge in [-0.1, -0.05) is 79.5 Å². The van der Waals surface area contributed by atoms with E-state index in [1.54, 1.807) is 5.57 Å². The van der Waals surface area contributed by atoms with E-state index in [0.717, 1.165) is 23.7 Å². The van der Waals surface area contributed by atoms with Crippen LogP contribution in [0, 0.1) is 50.7 Å². The minimum absolute atomic E-state index is 0.378. The molecule has 0 aromatic rings. The molecule has 0 saturated heterocycles. The van der Waals surface area contributed by atoms with Crippen molar-refractivity contribution in [2.45, 2.75) is 113 Å². The highest BCUT2D eigenvalue weighted by molar-refractivity contribution is 5.46. The second-order valence-corrected chi connectivity index (χ2v) is 14.2. The van der Waals surface area contributed by atoms with Gasteiger partial charge in [-0.25, -0.2) is 0 Å². The van der Waals surface area contributed by atoms with E-state index in [9.17, 15) is 0 Å². The van der Waals surface area contributed by atoms with Gasteiger partial charge in [0.2, 0.25) is 0 Å². The van der Waals surface area contributed by atoms with Crippen LogP contribution in [0.4, 0.5) is 0 Å². The average molecular weight is 409 g/mol. The summed E-state index contributed by atoms with van der Waals surface area (Å²) in [6.45, 7) is 20.9. The topological polar surface area (TPSA) is 0 Å². The van der Waals surface area contributed by atoms with Crippen LogP contribution in [0.15, 0.2) is 23.3 Å². The third kappa shape index (κ3) is 2.41. The molecular formula is C30H48. The van der Waals surface area contributed by atoms with Gasteiger partial charge in [0.05, 0.1) is 0 Å². The predicted octanol–water partition coefficient (Wildman–Crippen LogP) is 8.97. The Hall–Kier alpha value is -0.520. The molecule has 168 valence electrons. The van der Waals surface area contributed by atoms with Gasteiger partial charge in [0.15, 0.2) is 0 Å². The van der Waals surface area contributed by atoms with Crippen molar-refractivity contribution in [3.8, 4) is 0 Å². The highest BCUT2D eigenvalue weighted by Crippen LogP contribution is 2.74. The number of hydrogen-bond acceptors (Lipinski definition) is 0. The molecule has 5 unspecified atom stereocenters. The van der Waals surface area contributed by atoms with Crippen molar-refractivity contribution in [1.82, 2.24) is 0 Å². The van der Waals surface area contributed by atoms with Gasteiger partial charge in [-0.3, -0.25) is 0 Å². The maximum atomic E-state index is 2.76. The van der Waals surface area contributed by atoms with Gasteiger partial charge in [-0.2, -0.15) is 0 Å². The largest absolute Gasteiger partial charge is 0.0800 e. The Morgan fingerprint density at radius 3 is 2.30 bits per heavy atom. The highest BCUT2D eigenvalue weighted by atomic mass is 14.7. The van der Waals surface area contributed by atoms with Crippen LogP contribution >= 0.6 is 0 Å². The highest BCUT2D eigenvalue weighted by Gasteiger charge is 2.65. The molecule has 0 amide bonds. The van der Waals surface area contributed by atoms with Crippen molar-refractivity contribution in [2.24, 2.45) is 50.7 Å². The van der Waals surface area contributed by atoms with Crippen molar-refractivity contribution in [3.05, 3.63) is 23.3 Å². The lowest BCUT2D eigenvalue weighted by Gasteiger charge is -2.68. The first kappa shape index (κ1) is 21.3. The summed E-state index contributed by atoms with van der Waals surface area (Å²) in [5.74, 6) is 3.34. The average Bonchev–Trinajstić information content (AvgIpc) is 2.99. The molecule has 0 spiro atoms. The van der Waals surface area contributed by atoms with Crippen LogP contribution in [-0.2, 0) is 0 Å². The normalized spacial score (nSPS) is 52.0. The van der Waals surface area contributed by atoms with Gasteiger partial charge in [0, 0.05) is 0 Å². The van der Waals surface area contributed by atoms with Crippen molar-refractivity contribution in [3.63, 3.8) is 0 Å². The Labute approximate surface area is 187 Å². The van der Waals surface area contributed by atoms with Gasteiger partial charge < -0.3 is 0 Å². The van der Waals surface area contributed by atoms with Gasteiger partial charge in [-0.05, 0) is 108 Å². The predicted molar refractivity (Wildman–Crippen MR) is 129 cm³/mol. The molecule has 0 radical (unpaired) electrons. The SMILES string of the molecule is CC(C)C1CCC2=C3C=CC4[C@@]5(C)CCCC(C)(C)C5CC[C@@]4(C)C3(C)CCC21C. The van der Waals surface area contributed by atoms with Gasteiger partial charge in [-0.15, -0.1) is 0 Å². The lowest BCUT2D eigenvalue weighted by atomic mass is 9.36. The molecule has 30 heavy (non-hydrogen) atoms. The quantitative estimate of drug-likeness (QED) is 0.406. The lowest BCUT2D eigenvalue weighted by molar-refractivity contribution is -0.150. The zero-order chi connectivity index (χ0) is 21.7. The molecule has 0 aromatic heterocycles. The van der Waals surface area contributed by atoms with Gasteiger partial charge >= 0.3 is 0 Å². The summed E-state index contributed by atoms with van der Waals surface area (Å²) < 4.78 is 0. The molecule has 5 aliphatic rings. The Bertz CT molecular complexity index is 795. The summed E-state index contributed by atoms with van der Waals surface area (Å²) >= 11 is 0.